The number of halogens is 1. The largest absolute Gasteiger partial charge is 0.478 e. The number of fused-ring (bicyclic) bond motifs is 1. The maximum Gasteiger partial charge on any atom is 0.338 e. The zero-order valence-electron chi connectivity index (χ0n) is 7.71. The second-order valence-electron chi connectivity index (χ2n) is 3.34. The molecule has 1 heterocycles. The molecule has 1 aromatic rings. The van der Waals surface area contributed by atoms with Gasteiger partial charge in [0.05, 0.1) is 5.56 Å². The monoisotopic (exact) mass is 209 g/mol. The number of carboxylic acid groups (broad SMARTS) is 1. The summed E-state index contributed by atoms with van der Waals surface area (Å²) >= 11 is 0. The van der Waals surface area contributed by atoms with E-state index < -0.39 is 11.8 Å². The first kappa shape index (κ1) is 9.64. The Hall–Kier alpha value is -1.91. The van der Waals surface area contributed by atoms with Gasteiger partial charge < -0.3 is 10.4 Å². The van der Waals surface area contributed by atoms with Gasteiger partial charge in [-0.2, -0.15) is 0 Å². The lowest BCUT2D eigenvalue weighted by Gasteiger charge is -2.17. The van der Waals surface area contributed by atoms with Crippen LogP contribution in [0.4, 0.5) is 10.1 Å². The molecule has 0 aliphatic carbocycles. The van der Waals surface area contributed by atoms with Crippen molar-refractivity contribution in [3.63, 3.8) is 0 Å². The lowest BCUT2D eigenvalue weighted by Crippen LogP contribution is -2.20. The summed E-state index contributed by atoms with van der Waals surface area (Å²) in [5.41, 5.74) is 0.673. The van der Waals surface area contributed by atoms with Crippen molar-refractivity contribution in [1.29, 1.82) is 0 Å². The molecule has 2 rings (SSSR count). The highest BCUT2D eigenvalue weighted by atomic mass is 19.1. The molecule has 4 nitrogen and oxygen atoms in total. The number of hydrogen-bond acceptors (Lipinski definition) is 2. The first-order valence-corrected chi connectivity index (χ1v) is 4.43. The van der Waals surface area contributed by atoms with E-state index in [1.165, 1.54) is 6.07 Å². The summed E-state index contributed by atoms with van der Waals surface area (Å²) in [6.07, 6.45) is 0.749. The maximum absolute atomic E-state index is 13.2. The molecule has 0 aromatic heterocycles. The number of aromatic carboxylic acids is 1. The maximum atomic E-state index is 13.2. The van der Waals surface area contributed by atoms with E-state index in [1.54, 1.807) is 0 Å². The fourth-order valence-corrected chi connectivity index (χ4v) is 1.57. The van der Waals surface area contributed by atoms with Gasteiger partial charge in [0.2, 0.25) is 5.91 Å². The average Bonchev–Trinajstić information content (AvgIpc) is 2.15. The van der Waals surface area contributed by atoms with Crippen LogP contribution in [0.2, 0.25) is 0 Å². The van der Waals surface area contributed by atoms with E-state index >= 15 is 0 Å². The van der Waals surface area contributed by atoms with Crippen molar-refractivity contribution in [2.75, 3.05) is 5.32 Å². The Balaban J connectivity index is 2.50. The van der Waals surface area contributed by atoms with Gasteiger partial charge in [-0.25, -0.2) is 9.18 Å². The average molecular weight is 209 g/mol. The molecule has 5 heteroatoms. The Morgan fingerprint density at radius 2 is 2.13 bits per heavy atom. The normalized spacial score (nSPS) is 14.3. The molecule has 1 amide bonds. The summed E-state index contributed by atoms with van der Waals surface area (Å²) in [6, 6.07) is 2.32. The van der Waals surface area contributed by atoms with Gasteiger partial charge >= 0.3 is 5.97 Å². The molecule has 1 aromatic carbocycles. The van der Waals surface area contributed by atoms with Gasteiger partial charge in [0.25, 0.3) is 0 Å². The second-order valence-corrected chi connectivity index (χ2v) is 3.34. The first-order chi connectivity index (χ1) is 7.08. The number of carboxylic acids is 1. The van der Waals surface area contributed by atoms with Crippen molar-refractivity contribution >= 4 is 17.6 Å². The number of amides is 1. The number of nitrogens with one attached hydrogen (secondary N) is 1. The Kier molecular flexibility index (Phi) is 2.15. The molecular formula is C10H8FNO3. The van der Waals surface area contributed by atoms with Crippen LogP contribution in [-0.2, 0) is 11.2 Å². The quantitative estimate of drug-likeness (QED) is 0.734. The van der Waals surface area contributed by atoms with E-state index in [2.05, 4.69) is 5.32 Å². The van der Waals surface area contributed by atoms with Crippen LogP contribution in [0.25, 0.3) is 0 Å². The van der Waals surface area contributed by atoms with E-state index in [4.69, 9.17) is 5.11 Å². The van der Waals surface area contributed by atoms with Crippen LogP contribution in [0.5, 0.6) is 0 Å². The molecule has 0 bridgehead atoms. The Morgan fingerprint density at radius 3 is 2.80 bits per heavy atom. The van der Waals surface area contributed by atoms with Gasteiger partial charge in [0.15, 0.2) is 0 Å². The SMILES string of the molecule is O=C1CCc2cc(C(=O)O)c(F)cc2N1. The highest BCUT2D eigenvalue weighted by Crippen LogP contribution is 2.25. The molecule has 1 aliphatic rings. The van der Waals surface area contributed by atoms with Crippen molar-refractivity contribution < 1.29 is 19.1 Å². The van der Waals surface area contributed by atoms with Gasteiger partial charge in [-0.3, -0.25) is 4.79 Å². The van der Waals surface area contributed by atoms with Crippen molar-refractivity contribution in [3.8, 4) is 0 Å². The number of aryl methyl sites for hydroxylation is 1. The molecule has 15 heavy (non-hydrogen) atoms. The fraction of sp³-hybridized carbons (Fsp3) is 0.200. The third kappa shape index (κ3) is 1.68. The van der Waals surface area contributed by atoms with Gasteiger partial charge in [-0.1, -0.05) is 0 Å². The molecule has 1 aliphatic heterocycles. The van der Waals surface area contributed by atoms with Crippen LogP contribution < -0.4 is 5.32 Å². The van der Waals surface area contributed by atoms with E-state index in [0.717, 1.165) is 6.07 Å². The van der Waals surface area contributed by atoms with Crippen molar-refractivity contribution in [2.24, 2.45) is 0 Å². The van der Waals surface area contributed by atoms with Gasteiger partial charge in [-0.15, -0.1) is 0 Å². The molecular weight excluding hydrogens is 201 g/mol. The highest BCUT2D eigenvalue weighted by Gasteiger charge is 2.19. The summed E-state index contributed by atoms with van der Waals surface area (Å²) in [5, 5.41) is 11.2. The number of carbonyl (C=O) groups excluding carboxylic acids is 1. The van der Waals surface area contributed by atoms with Crippen molar-refractivity contribution in [1.82, 2.24) is 0 Å². The minimum absolute atomic E-state index is 0.176. The molecule has 0 spiro atoms. The smallest absolute Gasteiger partial charge is 0.338 e. The summed E-state index contributed by atoms with van der Waals surface area (Å²) < 4.78 is 13.2. The standard InChI is InChI=1S/C10H8FNO3/c11-7-4-8-5(1-2-9(13)12-8)3-6(7)10(14)15/h3-4H,1-2H2,(H,12,13)(H,14,15). The molecule has 0 saturated heterocycles. The number of hydrogen-bond donors (Lipinski definition) is 2. The Labute approximate surface area is 84.7 Å². The molecule has 0 atom stereocenters. The number of rotatable bonds is 1. The molecule has 78 valence electrons. The molecule has 0 radical (unpaired) electrons. The molecule has 0 saturated carbocycles. The third-order valence-corrected chi connectivity index (χ3v) is 2.32. The van der Waals surface area contributed by atoms with Crippen molar-refractivity contribution in [2.45, 2.75) is 12.8 Å². The van der Waals surface area contributed by atoms with Crippen LogP contribution in [0.1, 0.15) is 22.3 Å². The second kappa shape index (κ2) is 3.34. The zero-order valence-corrected chi connectivity index (χ0v) is 7.71. The van der Waals surface area contributed by atoms with Crippen LogP contribution in [0.3, 0.4) is 0 Å². The molecule has 0 fully saturated rings. The van der Waals surface area contributed by atoms with Gasteiger partial charge in [0, 0.05) is 12.1 Å². The third-order valence-electron chi connectivity index (χ3n) is 2.32. The Morgan fingerprint density at radius 1 is 1.40 bits per heavy atom. The summed E-state index contributed by atoms with van der Waals surface area (Å²) in [4.78, 5) is 21.7. The summed E-state index contributed by atoms with van der Waals surface area (Å²) in [5.74, 6) is -2.30. The number of carbonyl (C=O) groups is 2. The minimum Gasteiger partial charge on any atom is -0.478 e. The van der Waals surface area contributed by atoms with Crippen LogP contribution >= 0.6 is 0 Å². The predicted molar refractivity (Wildman–Crippen MR) is 50.3 cm³/mol. The van der Waals surface area contributed by atoms with Crippen LogP contribution in [-0.4, -0.2) is 17.0 Å². The van der Waals surface area contributed by atoms with E-state index in [0.29, 0.717) is 24.1 Å². The summed E-state index contributed by atoms with van der Waals surface area (Å²) in [7, 11) is 0. The van der Waals surface area contributed by atoms with Gasteiger partial charge in [0.1, 0.15) is 5.82 Å². The van der Waals surface area contributed by atoms with Crippen LogP contribution in [0, 0.1) is 5.82 Å². The van der Waals surface area contributed by atoms with Gasteiger partial charge in [-0.05, 0) is 24.1 Å². The molecule has 2 N–H and O–H groups in total. The van der Waals surface area contributed by atoms with E-state index in [-0.39, 0.29) is 11.5 Å². The van der Waals surface area contributed by atoms with Crippen LogP contribution in [0.15, 0.2) is 12.1 Å². The number of anilines is 1. The number of benzene rings is 1. The minimum atomic E-state index is -1.30. The van der Waals surface area contributed by atoms with E-state index in [1.807, 2.05) is 0 Å². The zero-order chi connectivity index (χ0) is 11.0. The predicted octanol–water partition coefficient (Wildman–Crippen LogP) is 1.41. The molecule has 0 unspecified atom stereocenters. The Bertz CT molecular complexity index is 456. The topological polar surface area (TPSA) is 66.4 Å². The fourth-order valence-electron chi connectivity index (χ4n) is 1.57. The summed E-state index contributed by atoms with van der Waals surface area (Å²) in [6.45, 7) is 0. The highest BCUT2D eigenvalue weighted by molar-refractivity contribution is 5.95. The first-order valence-electron chi connectivity index (χ1n) is 4.43. The lowest BCUT2D eigenvalue weighted by atomic mass is 10.00. The van der Waals surface area contributed by atoms with E-state index in [9.17, 15) is 14.0 Å². The lowest BCUT2D eigenvalue weighted by molar-refractivity contribution is -0.116. The van der Waals surface area contributed by atoms with Crippen molar-refractivity contribution in [3.05, 3.63) is 29.1 Å².